The van der Waals surface area contributed by atoms with Gasteiger partial charge >= 0.3 is 0 Å². The summed E-state index contributed by atoms with van der Waals surface area (Å²) < 4.78 is 14.0. The third kappa shape index (κ3) is 5.81. The summed E-state index contributed by atoms with van der Waals surface area (Å²) in [6.07, 6.45) is 2.84. The minimum absolute atomic E-state index is 0.0162. The van der Waals surface area contributed by atoms with Gasteiger partial charge in [-0.05, 0) is 73.3 Å². The quantitative estimate of drug-likeness (QED) is 0.249. The standard InChI is InChI=1S/C35H37FN2O/c1-28(39)37-27-34(29-11-5-2-6-12-29)21-24-38(25-22-34)26-23-35(30-13-7-3-8-14-30,31-15-9-4-10-16-31)32-17-19-33(36)20-18-32/h2-20H,21-27H2,1H3,(H,37,39). The van der Waals surface area contributed by atoms with Gasteiger partial charge in [0.2, 0.25) is 5.91 Å². The fourth-order valence-electron chi connectivity index (χ4n) is 6.30. The van der Waals surface area contributed by atoms with Crippen LogP contribution in [0.1, 0.15) is 48.4 Å². The van der Waals surface area contributed by atoms with Gasteiger partial charge in [0.05, 0.1) is 0 Å². The van der Waals surface area contributed by atoms with Crippen molar-refractivity contribution < 1.29 is 9.18 Å². The number of benzene rings is 4. The predicted octanol–water partition coefficient (Wildman–Crippen LogP) is 6.72. The molecule has 200 valence electrons. The van der Waals surface area contributed by atoms with Crippen molar-refractivity contribution >= 4 is 5.91 Å². The molecular weight excluding hydrogens is 483 g/mol. The van der Waals surface area contributed by atoms with Gasteiger partial charge in [-0.2, -0.15) is 0 Å². The molecule has 0 spiro atoms. The summed E-state index contributed by atoms with van der Waals surface area (Å²) in [5, 5.41) is 3.11. The van der Waals surface area contributed by atoms with Crippen LogP contribution in [0.15, 0.2) is 115 Å². The van der Waals surface area contributed by atoms with Gasteiger partial charge in [-0.25, -0.2) is 4.39 Å². The Hall–Kier alpha value is -3.76. The van der Waals surface area contributed by atoms with Gasteiger partial charge in [0.1, 0.15) is 5.82 Å². The normalized spacial score (nSPS) is 15.5. The van der Waals surface area contributed by atoms with Crippen LogP contribution in [-0.2, 0) is 15.6 Å². The number of halogens is 1. The van der Waals surface area contributed by atoms with E-state index >= 15 is 0 Å². The molecule has 1 saturated heterocycles. The zero-order valence-electron chi connectivity index (χ0n) is 22.7. The minimum atomic E-state index is -0.402. The van der Waals surface area contributed by atoms with Crippen LogP contribution < -0.4 is 5.32 Å². The van der Waals surface area contributed by atoms with Crippen molar-refractivity contribution in [3.8, 4) is 0 Å². The molecule has 0 atom stereocenters. The number of amides is 1. The van der Waals surface area contributed by atoms with Crippen LogP contribution in [0, 0.1) is 5.82 Å². The average Bonchev–Trinajstić information content (AvgIpc) is 2.99. The molecule has 1 heterocycles. The summed E-state index contributed by atoms with van der Waals surface area (Å²) in [5.74, 6) is -0.205. The zero-order chi connectivity index (χ0) is 27.1. The number of nitrogens with zero attached hydrogens (tertiary/aromatic N) is 1. The second-order valence-electron chi connectivity index (χ2n) is 10.8. The molecule has 0 saturated carbocycles. The largest absolute Gasteiger partial charge is 0.355 e. The van der Waals surface area contributed by atoms with Gasteiger partial charge in [0.15, 0.2) is 0 Å². The third-order valence-electron chi connectivity index (χ3n) is 8.55. The molecule has 0 aromatic heterocycles. The molecule has 0 unspecified atom stereocenters. The van der Waals surface area contributed by atoms with Gasteiger partial charge in [-0.3, -0.25) is 4.79 Å². The highest BCUT2D eigenvalue weighted by atomic mass is 19.1. The van der Waals surface area contributed by atoms with Crippen molar-refractivity contribution in [2.24, 2.45) is 0 Å². The second-order valence-corrected chi connectivity index (χ2v) is 10.8. The fraction of sp³-hybridized carbons (Fsp3) is 0.286. The van der Waals surface area contributed by atoms with Gasteiger partial charge in [0.25, 0.3) is 0 Å². The molecule has 0 radical (unpaired) electrons. The Bertz CT molecular complexity index is 1290. The summed E-state index contributed by atoms with van der Waals surface area (Å²) in [6, 6.07) is 38.9. The Balaban J connectivity index is 1.43. The van der Waals surface area contributed by atoms with E-state index in [0.717, 1.165) is 44.5 Å². The zero-order valence-corrected chi connectivity index (χ0v) is 22.7. The van der Waals surface area contributed by atoms with E-state index in [-0.39, 0.29) is 17.1 Å². The van der Waals surface area contributed by atoms with Crippen LogP contribution in [0.4, 0.5) is 4.39 Å². The lowest BCUT2D eigenvalue weighted by molar-refractivity contribution is -0.119. The van der Waals surface area contributed by atoms with E-state index < -0.39 is 5.41 Å². The molecule has 0 aliphatic carbocycles. The number of carbonyl (C=O) groups excluding carboxylic acids is 1. The summed E-state index contributed by atoms with van der Waals surface area (Å²) in [7, 11) is 0. The number of nitrogens with one attached hydrogen (secondary N) is 1. The van der Waals surface area contributed by atoms with Crippen LogP contribution in [0.2, 0.25) is 0 Å². The number of hydrogen-bond donors (Lipinski definition) is 1. The molecule has 1 aliphatic heterocycles. The monoisotopic (exact) mass is 520 g/mol. The first kappa shape index (κ1) is 26.8. The Morgan fingerprint density at radius 2 is 1.26 bits per heavy atom. The van der Waals surface area contributed by atoms with Crippen LogP contribution in [0.25, 0.3) is 0 Å². The second kappa shape index (κ2) is 12.0. The van der Waals surface area contributed by atoms with Crippen molar-refractivity contribution in [2.75, 3.05) is 26.2 Å². The Labute approximate surface area is 231 Å². The van der Waals surface area contributed by atoms with Crippen LogP contribution >= 0.6 is 0 Å². The first-order valence-electron chi connectivity index (χ1n) is 13.9. The molecule has 39 heavy (non-hydrogen) atoms. The van der Waals surface area contributed by atoms with E-state index in [4.69, 9.17) is 0 Å². The Kier molecular flexibility index (Phi) is 8.23. The topological polar surface area (TPSA) is 32.3 Å². The lowest BCUT2D eigenvalue weighted by atomic mass is 9.67. The molecule has 3 nitrogen and oxygen atoms in total. The lowest BCUT2D eigenvalue weighted by Gasteiger charge is -2.44. The molecule has 4 aromatic carbocycles. The molecule has 5 rings (SSSR count). The number of likely N-dealkylation sites (tertiary alicyclic amines) is 1. The number of carbonyl (C=O) groups is 1. The van der Waals surface area contributed by atoms with E-state index in [9.17, 15) is 9.18 Å². The first-order chi connectivity index (χ1) is 19.0. The molecule has 1 amide bonds. The maximum atomic E-state index is 14.0. The Morgan fingerprint density at radius 3 is 1.77 bits per heavy atom. The Morgan fingerprint density at radius 1 is 0.769 bits per heavy atom. The van der Waals surface area contributed by atoms with Crippen molar-refractivity contribution in [1.82, 2.24) is 10.2 Å². The maximum Gasteiger partial charge on any atom is 0.216 e. The SMILES string of the molecule is CC(=O)NCC1(c2ccccc2)CCN(CCC(c2ccccc2)(c2ccccc2)c2ccc(F)cc2)CC1. The van der Waals surface area contributed by atoms with E-state index in [2.05, 4.69) is 83.0 Å². The smallest absolute Gasteiger partial charge is 0.216 e. The van der Waals surface area contributed by atoms with E-state index in [1.807, 2.05) is 30.3 Å². The van der Waals surface area contributed by atoms with Gasteiger partial charge in [0, 0.05) is 24.3 Å². The molecule has 4 aromatic rings. The average molecular weight is 521 g/mol. The number of rotatable bonds is 9. The first-order valence-corrected chi connectivity index (χ1v) is 13.9. The molecule has 4 heteroatoms. The van der Waals surface area contributed by atoms with Crippen LogP contribution in [-0.4, -0.2) is 37.0 Å². The number of piperidine rings is 1. The van der Waals surface area contributed by atoms with Crippen molar-refractivity contribution in [1.29, 1.82) is 0 Å². The fourth-order valence-corrected chi connectivity index (χ4v) is 6.30. The lowest BCUT2D eigenvalue weighted by Crippen LogP contribution is -2.49. The van der Waals surface area contributed by atoms with E-state index in [0.29, 0.717) is 6.54 Å². The molecule has 1 N–H and O–H groups in total. The molecule has 1 fully saturated rings. The van der Waals surface area contributed by atoms with Crippen molar-refractivity contribution in [3.63, 3.8) is 0 Å². The van der Waals surface area contributed by atoms with Crippen molar-refractivity contribution in [3.05, 3.63) is 143 Å². The molecular formula is C35H37FN2O. The highest BCUT2D eigenvalue weighted by molar-refractivity contribution is 5.73. The van der Waals surface area contributed by atoms with Gasteiger partial charge in [-0.1, -0.05) is 103 Å². The third-order valence-corrected chi connectivity index (χ3v) is 8.55. The van der Waals surface area contributed by atoms with Gasteiger partial charge in [-0.15, -0.1) is 0 Å². The summed E-state index contributed by atoms with van der Waals surface area (Å²) in [6.45, 7) is 5.07. The minimum Gasteiger partial charge on any atom is -0.355 e. The van der Waals surface area contributed by atoms with E-state index in [1.165, 1.54) is 16.7 Å². The maximum absolute atomic E-state index is 14.0. The summed E-state index contributed by atoms with van der Waals surface area (Å²) in [5.41, 5.74) is 4.36. The van der Waals surface area contributed by atoms with E-state index in [1.54, 1.807) is 19.1 Å². The number of hydrogen-bond acceptors (Lipinski definition) is 2. The highest BCUT2D eigenvalue weighted by Gasteiger charge is 2.39. The van der Waals surface area contributed by atoms with Crippen LogP contribution in [0.3, 0.4) is 0 Å². The molecule has 0 bridgehead atoms. The molecule has 1 aliphatic rings. The highest BCUT2D eigenvalue weighted by Crippen LogP contribution is 2.43. The summed E-state index contributed by atoms with van der Waals surface area (Å²) in [4.78, 5) is 14.4. The van der Waals surface area contributed by atoms with Crippen LogP contribution in [0.5, 0.6) is 0 Å². The predicted molar refractivity (Wildman–Crippen MR) is 156 cm³/mol. The van der Waals surface area contributed by atoms with Crippen molar-refractivity contribution in [2.45, 2.75) is 37.0 Å². The van der Waals surface area contributed by atoms with Gasteiger partial charge < -0.3 is 10.2 Å². The summed E-state index contributed by atoms with van der Waals surface area (Å²) >= 11 is 0.